The lowest BCUT2D eigenvalue weighted by Gasteiger charge is -2.10. The number of ketones is 1. The highest BCUT2D eigenvalue weighted by atomic mass is 32.2. The molecule has 3 aromatic rings. The molecule has 0 saturated heterocycles. The second-order valence-corrected chi connectivity index (χ2v) is 6.75. The van der Waals surface area contributed by atoms with Crippen LogP contribution in [-0.4, -0.2) is 17.4 Å². The third kappa shape index (κ3) is 4.83. The molecule has 0 spiro atoms. The summed E-state index contributed by atoms with van der Waals surface area (Å²) >= 11 is 1.55. The lowest BCUT2D eigenvalue weighted by atomic mass is 10.0. The van der Waals surface area contributed by atoms with E-state index in [0.29, 0.717) is 22.6 Å². The summed E-state index contributed by atoms with van der Waals surface area (Å²) in [4.78, 5) is 25.0. The molecule has 0 aliphatic carbocycles. The number of hydrogen-bond acceptors (Lipinski definition) is 3. The Bertz CT molecular complexity index is 879. The molecule has 0 saturated carbocycles. The van der Waals surface area contributed by atoms with E-state index in [4.69, 9.17) is 0 Å². The molecule has 1 amide bonds. The quantitative estimate of drug-likeness (QED) is 0.616. The van der Waals surface area contributed by atoms with Gasteiger partial charge in [0.05, 0.1) is 11.4 Å². The van der Waals surface area contributed by atoms with E-state index in [1.807, 2.05) is 54.6 Å². The van der Waals surface area contributed by atoms with Gasteiger partial charge in [0, 0.05) is 16.9 Å². The number of rotatable bonds is 7. The van der Waals surface area contributed by atoms with Crippen molar-refractivity contribution in [1.29, 1.82) is 0 Å². The van der Waals surface area contributed by atoms with Gasteiger partial charge in [-0.3, -0.25) is 9.59 Å². The van der Waals surface area contributed by atoms with Crippen LogP contribution >= 0.6 is 11.8 Å². The van der Waals surface area contributed by atoms with Gasteiger partial charge in [-0.25, -0.2) is 0 Å². The fraction of sp³-hybridized carbons (Fsp3) is 0.0909. The molecule has 0 fully saturated rings. The van der Waals surface area contributed by atoms with E-state index in [1.54, 1.807) is 42.1 Å². The molecule has 0 radical (unpaired) electrons. The van der Waals surface area contributed by atoms with Crippen molar-refractivity contribution in [3.63, 3.8) is 0 Å². The van der Waals surface area contributed by atoms with Gasteiger partial charge in [-0.05, 0) is 17.7 Å². The summed E-state index contributed by atoms with van der Waals surface area (Å²) in [5.41, 5.74) is 2.84. The number of benzene rings is 3. The fourth-order valence-corrected chi connectivity index (χ4v) is 3.35. The fourth-order valence-electron chi connectivity index (χ4n) is 2.56. The molecule has 3 aromatic carbocycles. The van der Waals surface area contributed by atoms with Crippen molar-refractivity contribution in [2.24, 2.45) is 0 Å². The van der Waals surface area contributed by atoms with Gasteiger partial charge in [0.1, 0.15) is 0 Å². The summed E-state index contributed by atoms with van der Waals surface area (Å²) < 4.78 is 0. The van der Waals surface area contributed by atoms with Crippen LogP contribution in [0.1, 0.15) is 21.5 Å². The number of para-hydroxylation sites is 1. The van der Waals surface area contributed by atoms with Crippen LogP contribution < -0.4 is 5.32 Å². The van der Waals surface area contributed by atoms with Crippen molar-refractivity contribution >= 4 is 29.1 Å². The van der Waals surface area contributed by atoms with E-state index in [-0.39, 0.29) is 11.7 Å². The van der Waals surface area contributed by atoms with E-state index >= 15 is 0 Å². The van der Waals surface area contributed by atoms with Crippen LogP contribution in [0.4, 0.5) is 5.69 Å². The van der Waals surface area contributed by atoms with Gasteiger partial charge < -0.3 is 5.32 Å². The molecular formula is C22H19NO2S. The Morgan fingerprint density at radius 3 is 2.12 bits per heavy atom. The SMILES string of the molecule is O=C(CSCc1ccccc1)Nc1ccccc1C(=O)c1ccccc1. The molecule has 0 heterocycles. The highest BCUT2D eigenvalue weighted by Crippen LogP contribution is 2.20. The van der Waals surface area contributed by atoms with E-state index in [9.17, 15) is 9.59 Å². The Morgan fingerprint density at radius 1 is 0.769 bits per heavy atom. The molecule has 0 atom stereocenters. The standard InChI is InChI=1S/C22H19NO2S/c24-21(16-26-15-17-9-3-1-4-10-17)23-20-14-8-7-13-19(20)22(25)18-11-5-2-6-12-18/h1-14H,15-16H2,(H,23,24). The third-order valence-corrected chi connectivity index (χ3v) is 4.83. The van der Waals surface area contributed by atoms with Gasteiger partial charge in [0.25, 0.3) is 0 Å². The predicted octanol–water partition coefficient (Wildman–Crippen LogP) is 4.79. The van der Waals surface area contributed by atoms with Crippen molar-refractivity contribution in [3.8, 4) is 0 Å². The van der Waals surface area contributed by atoms with E-state index in [2.05, 4.69) is 5.32 Å². The zero-order valence-electron chi connectivity index (χ0n) is 14.2. The average molecular weight is 361 g/mol. The minimum Gasteiger partial charge on any atom is -0.325 e. The lowest BCUT2D eigenvalue weighted by Crippen LogP contribution is -2.17. The Balaban J connectivity index is 1.63. The van der Waals surface area contributed by atoms with Gasteiger partial charge >= 0.3 is 0 Å². The number of thioether (sulfide) groups is 1. The van der Waals surface area contributed by atoms with Crippen molar-refractivity contribution in [2.45, 2.75) is 5.75 Å². The minimum atomic E-state index is -0.112. The maximum absolute atomic E-state index is 12.7. The number of nitrogens with one attached hydrogen (secondary N) is 1. The average Bonchev–Trinajstić information content (AvgIpc) is 2.69. The smallest absolute Gasteiger partial charge is 0.234 e. The Labute approximate surface area is 157 Å². The predicted molar refractivity (Wildman–Crippen MR) is 108 cm³/mol. The first-order valence-electron chi connectivity index (χ1n) is 8.34. The highest BCUT2D eigenvalue weighted by molar-refractivity contribution is 7.99. The summed E-state index contributed by atoms with van der Waals surface area (Å²) in [5.74, 6) is 0.902. The molecule has 0 bridgehead atoms. The van der Waals surface area contributed by atoms with Gasteiger partial charge in [0.15, 0.2) is 5.78 Å². The van der Waals surface area contributed by atoms with Crippen LogP contribution in [-0.2, 0) is 10.5 Å². The normalized spacial score (nSPS) is 10.3. The summed E-state index contributed by atoms with van der Waals surface area (Å²) in [6, 6.07) is 26.2. The number of hydrogen-bond donors (Lipinski definition) is 1. The molecule has 0 aromatic heterocycles. The maximum Gasteiger partial charge on any atom is 0.234 e. The lowest BCUT2D eigenvalue weighted by molar-refractivity contribution is -0.113. The number of amides is 1. The zero-order valence-corrected chi connectivity index (χ0v) is 15.0. The van der Waals surface area contributed by atoms with Crippen molar-refractivity contribution in [2.75, 3.05) is 11.1 Å². The molecule has 4 heteroatoms. The van der Waals surface area contributed by atoms with Crippen LogP contribution in [0.3, 0.4) is 0 Å². The zero-order chi connectivity index (χ0) is 18.2. The molecule has 3 nitrogen and oxygen atoms in total. The van der Waals surface area contributed by atoms with E-state index in [0.717, 1.165) is 5.75 Å². The Hall–Kier alpha value is -2.85. The van der Waals surface area contributed by atoms with Gasteiger partial charge in [-0.15, -0.1) is 11.8 Å². The van der Waals surface area contributed by atoms with Gasteiger partial charge in [0.2, 0.25) is 5.91 Å². The molecule has 3 rings (SSSR count). The van der Waals surface area contributed by atoms with Crippen LogP contribution in [0.15, 0.2) is 84.9 Å². The largest absolute Gasteiger partial charge is 0.325 e. The third-order valence-electron chi connectivity index (χ3n) is 3.83. The molecule has 0 unspecified atom stereocenters. The van der Waals surface area contributed by atoms with Crippen molar-refractivity contribution < 1.29 is 9.59 Å². The molecule has 26 heavy (non-hydrogen) atoms. The summed E-state index contributed by atoms with van der Waals surface area (Å²) in [6.07, 6.45) is 0. The van der Waals surface area contributed by atoms with Crippen molar-refractivity contribution in [1.82, 2.24) is 0 Å². The number of carbonyl (C=O) groups is 2. The number of anilines is 1. The topological polar surface area (TPSA) is 46.2 Å². The monoisotopic (exact) mass is 361 g/mol. The van der Waals surface area contributed by atoms with Gasteiger partial charge in [-0.1, -0.05) is 72.8 Å². The van der Waals surface area contributed by atoms with Crippen LogP contribution in [0.5, 0.6) is 0 Å². The van der Waals surface area contributed by atoms with E-state index in [1.165, 1.54) is 5.56 Å². The Kier molecular flexibility index (Phi) is 6.23. The highest BCUT2D eigenvalue weighted by Gasteiger charge is 2.14. The first-order valence-corrected chi connectivity index (χ1v) is 9.50. The van der Waals surface area contributed by atoms with Crippen LogP contribution in [0, 0.1) is 0 Å². The number of carbonyl (C=O) groups excluding carboxylic acids is 2. The van der Waals surface area contributed by atoms with Crippen LogP contribution in [0.2, 0.25) is 0 Å². The molecular weight excluding hydrogens is 342 g/mol. The summed E-state index contributed by atoms with van der Waals surface area (Å²) in [5, 5.41) is 2.87. The summed E-state index contributed by atoms with van der Waals surface area (Å²) in [7, 11) is 0. The van der Waals surface area contributed by atoms with Crippen molar-refractivity contribution in [3.05, 3.63) is 102 Å². The molecule has 0 aliphatic rings. The summed E-state index contributed by atoms with van der Waals surface area (Å²) in [6.45, 7) is 0. The second-order valence-electron chi connectivity index (χ2n) is 5.77. The minimum absolute atomic E-state index is 0.0987. The molecule has 0 aliphatic heterocycles. The first kappa shape index (κ1) is 18.0. The van der Waals surface area contributed by atoms with Crippen LogP contribution in [0.25, 0.3) is 0 Å². The van der Waals surface area contributed by atoms with Gasteiger partial charge in [-0.2, -0.15) is 0 Å². The molecule has 1 N–H and O–H groups in total. The Morgan fingerprint density at radius 2 is 1.38 bits per heavy atom. The molecule has 130 valence electrons. The van der Waals surface area contributed by atoms with E-state index < -0.39 is 0 Å². The second kappa shape index (κ2) is 9.02. The maximum atomic E-state index is 12.7. The first-order chi connectivity index (χ1) is 12.7.